The van der Waals surface area contributed by atoms with Gasteiger partial charge in [0.05, 0.1) is 0 Å². The van der Waals surface area contributed by atoms with Crippen molar-refractivity contribution in [1.82, 2.24) is 0 Å². The lowest BCUT2D eigenvalue weighted by molar-refractivity contribution is -0.112. The van der Waals surface area contributed by atoms with Crippen molar-refractivity contribution >= 4 is 28.2 Å². The van der Waals surface area contributed by atoms with Crippen molar-refractivity contribution in [2.45, 2.75) is 0 Å². The first-order chi connectivity index (χ1) is 10.2. The fourth-order valence-corrected chi connectivity index (χ4v) is 2.17. The van der Waals surface area contributed by atoms with Crippen LogP contribution in [-0.4, -0.2) is 11.7 Å². The number of amides is 1. The Kier molecular flexibility index (Phi) is 3.48. The van der Waals surface area contributed by atoms with Gasteiger partial charge in [0.2, 0.25) is 0 Å². The zero-order valence-corrected chi connectivity index (χ0v) is 11.2. The lowest BCUT2D eigenvalue weighted by Gasteiger charge is -2.05. The van der Waals surface area contributed by atoms with Crippen LogP contribution in [0.4, 0.5) is 5.69 Å². The summed E-state index contributed by atoms with van der Waals surface area (Å²) in [5.41, 5.74) is 0.999. The molecule has 0 spiro atoms. The number of ketones is 1. The molecule has 3 aromatic carbocycles. The van der Waals surface area contributed by atoms with E-state index in [-0.39, 0.29) is 0 Å². The van der Waals surface area contributed by atoms with Crippen molar-refractivity contribution < 1.29 is 9.59 Å². The Balaban J connectivity index is 1.84. The molecule has 0 aliphatic heterocycles. The maximum absolute atomic E-state index is 12.2. The Morgan fingerprint density at radius 1 is 0.714 bits per heavy atom. The van der Waals surface area contributed by atoms with Crippen LogP contribution in [0.3, 0.4) is 0 Å². The Hall–Kier alpha value is -2.94. The van der Waals surface area contributed by atoms with Gasteiger partial charge in [0, 0.05) is 11.3 Å². The van der Waals surface area contributed by atoms with Gasteiger partial charge in [-0.15, -0.1) is 0 Å². The van der Waals surface area contributed by atoms with E-state index in [0.717, 1.165) is 10.8 Å². The van der Waals surface area contributed by atoms with Gasteiger partial charge in [0.15, 0.2) is 0 Å². The van der Waals surface area contributed by atoms with Crippen LogP contribution in [0.25, 0.3) is 10.8 Å². The van der Waals surface area contributed by atoms with Gasteiger partial charge >= 0.3 is 0 Å². The van der Waals surface area contributed by atoms with Crippen LogP contribution in [0.1, 0.15) is 10.4 Å². The highest BCUT2D eigenvalue weighted by Crippen LogP contribution is 2.16. The SMILES string of the molecule is O=C(Nc1ccccc1)C(=O)c1ccc2ccccc2c1. The standard InChI is InChI=1S/C18H13NO2/c20-17(18(21)19-16-8-2-1-3-9-16)15-11-10-13-6-4-5-7-14(13)12-15/h1-12H,(H,19,21). The van der Waals surface area contributed by atoms with Crippen molar-refractivity contribution in [2.75, 3.05) is 5.32 Å². The molecule has 102 valence electrons. The Morgan fingerprint density at radius 2 is 1.38 bits per heavy atom. The maximum Gasteiger partial charge on any atom is 0.296 e. The quantitative estimate of drug-likeness (QED) is 0.585. The average molecular weight is 275 g/mol. The Bertz CT molecular complexity index is 810. The molecule has 0 aromatic heterocycles. The molecule has 1 amide bonds. The van der Waals surface area contributed by atoms with Crippen molar-refractivity contribution in [3.05, 3.63) is 78.4 Å². The number of nitrogens with one attached hydrogen (secondary N) is 1. The van der Waals surface area contributed by atoms with Gasteiger partial charge in [-0.3, -0.25) is 9.59 Å². The molecule has 0 aliphatic carbocycles. The highest BCUT2D eigenvalue weighted by molar-refractivity contribution is 6.46. The number of rotatable bonds is 3. The number of hydrogen-bond donors (Lipinski definition) is 1. The average Bonchev–Trinajstić information content (AvgIpc) is 2.54. The van der Waals surface area contributed by atoms with E-state index < -0.39 is 11.7 Å². The monoisotopic (exact) mass is 275 g/mol. The largest absolute Gasteiger partial charge is 0.319 e. The highest BCUT2D eigenvalue weighted by Gasteiger charge is 2.16. The molecule has 0 unspecified atom stereocenters. The molecule has 3 nitrogen and oxygen atoms in total. The van der Waals surface area contributed by atoms with Crippen LogP contribution in [0.5, 0.6) is 0 Å². The highest BCUT2D eigenvalue weighted by atomic mass is 16.2. The first-order valence-electron chi connectivity index (χ1n) is 6.63. The third kappa shape index (κ3) is 2.82. The summed E-state index contributed by atoms with van der Waals surface area (Å²) in [6.45, 7) is 0. The number of fused-ring (bicyclic) bond motifs is 1. The van der Waals surface area contributed by atoms with Crippen LogP contribution in [0.15, 0.2) is 72.8 Å². The molecular weight excluding hydrogens is 262 g/mol. The number of carbonyl (C=O) groups is 2. The topological polar surface area (TPSA) is 46.2 Å². The van der Waals surface area contributed by atoms with Crippen molar-refractivity contribution in [2.24, 2.45) is 0 Å². The lowest BCUT2D eigenvalue weighted by atomic mass is 10.0. The fourth-order valence-electron chi connectivity index (χ4n) is 2.17. The minimum atomic E-state index is -0.628. The van der Waals surface area contributed by atoms with E-state index in [2.05, 4.69) is 5.32 Å². The molecule has 0 atom stereocenters. The number of Topliss-reactive ketones (excluding diaryl/α,β-unsaturated/α-hetero) is 1. The van der Waals surface area contributed by atoms with Crippen molar-refractivity contribution in [1.29, 1.82) is 0 Å². The summed E-state index contributed by atoms with van der Waals surface area (Å²) >= 11 is 0. The van der Waals surface area contributed by atoms with E-state index in [9.17, 15) is 9.59 Å². The smallest absolute Gasteiger partial charge is 0.296 e. The first-order valence-corrected chi connectivity index (χ1v) is 6.63. The first kappa shape index (κ1) is 13.1. The summed E-state index contributed by atoms with van der Waals surface area (Å²) in [6.07, 6.45) is 0. The van der Waals surface area contributed by atoms with Gasteiger partial charge in [0.25, 0.3) is 11.7 Å². The molecule has 1 N–H and O–H groups in total. The lowest BCUT2D eigenvalue weighted by Crippen LogP contribution is -2.22. The predicted octanol–water partition coefficient (Wildman–Crippen LogP) is 3.66. The molecule has 0 aliphatic rings. The van der Waals surface area contributed by atoms with Crippen LogP contribution in [0.2, 0.25) is 0 Å². The molecule has 3 aromatic rings. The minimum absolute atomic E-state index is 0.391. The summed E-state index contributed by atoms with van der Waals surface area (Å²) < 4.78 is 0. The summed E-state index contributed by atoms with van der Waals surface area (Å²) in [5.74, 6) is -1.17. The van der Waals surface area contributed by atoms with Crippen LogP contribution in [-0.2, 0) is 4.79 Å². The second-order valence-electron chi connectivity index (χ2n) is 4.71. The molecule has 0 saturated carbocycles. The second kappa shape index (κ2) is 5.59. The van der Waals surface area contributed by atoms with Crippen LogP contribution >= 0.6 is 0 Å². The van der Waals surface area contributed by atoms with Gasteiger partial charge in [-0.2, -0.15) is 0 Å². The zero-order valence-electron chi connectivity index (χ0n) is 11.2. The molecule has 0 bridgehead atoms. The van der Waals surface area contributed by atoms with Gasteiger partial charge in [0.1, 0.15) is 0 Å². The van der Waals surface area contributed by atoms with E-state index in [4.69, 9.17) is 0 Å². The number of hydrogen-bond acceptors (Lipinski definition) is 2. The van der Waals surface area contributed by atoms with Gasteiger partial charge in [-0.25, -0.2) is 0 Å². The number of benzene rings is 3. The molecule has 0 saturated heterocycles. The molecule has 0 fully saturated rings. The molecule has 0 heterocycles. The van der Waals surface area contributed by atoms with Crippen LogP contribution < -0.4 is 5.32 Å². The summed E-state index contributed by atoms with van der Waals surface area (Å²) in [7, 11) is 0. The minimum Gasteiger partial charge on any atom is -0.319 e. The van der Waals surface area contributed by atoms with Gasteiger partial charge < -0.3 is 5.32 Å². The maximum atomic E-state index is 12.2. The van der Waals surface area contributed by atoms with E-state index in [0.29, 0.717) is 11.3 Å². The van der Waals surface area contributed by atoms with Gasteiger partial charge in [-0.1, -0.05) is 54.6 Å². The molecule has 21 heavy (non-hydrogen) atoms. The predicted molar refractivity (Wildman–Crippen MR) is 83.4 cm³/mol. The van der Waals surface area contributed by atoms with Gasteiger partial charge in [-0.05, 0) is 29.0 Å². The van der Waals surface area contributed by atoms with Crippen LogP contribution in [0, 0.1) is 0 Å². The normalized spacial score (nSPS) is 10.3. The summed E-state index contributed by atoms with van der Waals surface area (Å²) in [6, 6.07) is 21.9. The summed E-state index contributed by atoms with van der Waals surface area (Å²) in [5, 5.41) is 4.58. The number of para-hydroxylation sites is 1. The molecule has 3 rings (SSSR count). The van der Waals surface area contributed by atoms with Crippen molar-refractivity contribution in [3.8, 4) is 0 Å². The fraction of sp³-hybridized carbons (Fsp3) is 0. The van der Waals surface area contributed by atoms with E-state index in [1.165, 1.54) is 0 Å². The Morgan fingerprint density at radius 3 is 2.14 bits per heavy atom. The van der Waals surface area contributed by atoms with E-state index in [1.807, 2.05) is 36.4 Å². The Labute approximate surface area is 122 Å². The number of anilines is 1. The van der Waals surface area contributed by atoms with Crippen molar-refractivity contribution in [3.63, 3.8) is 0 Å². The molecular formula is C18H13NO2. The van der Waals surface area contributed by atoms with E-state index >= 15 is 0 Å². The number of carbonyl (C=O) groups excluding carboxylic acids is 2. The molecule has 3 heteroatoms. The second-order valence-corrected chi connectivity index (χ2v) is 4.71. The van der Waals surface area contributed by atoms with E-state index in [1.54, 1.807) is 36.4 Å². The third-order valence-electron chi connectivity index (χ3n) is 3.25. The third-order valence-corrected chi connectivity index (χ3v) is 3.25. The molecule has 0 radical (unpaired) electrons. The summed E-state index contributed by atoms with van der Waals surface area (Å²) in [4.78, 5) is 24.2. The zero-order chi connectivity index (χ0) is 14.7.